The summed E-state index contributed by atoms with van der Waals surface area (Å²) in [4.78, 5) is 0. The van der Waals surface area contributed by atoms with Gasteiger partial charge < -0.3 is 10.4 Å². The Morgan fingerprint density at radius 2 is 2.00 bits per heavy atom. The smallest absolute Gasteiger partial charge is 0.167 e. The molecule has 108 valence electrons. The summed E-state index contributed by atoms with van der Waals surface area (Å²) >= 11 is 0. The lowest BCUT2D eigenvalue weighted by atomic mass is 9.92. The van der Waals surface area contributed by atoms with Crippen LogP contribution >= 0.6 is 0 Å². The van der Waals surface area contributed by atoms with E-state index in [0.717, 1.165) is 49.8 Å². The number of nitriles is 1. The van der Waals surface area contributed by atoms with Crippen molar-refractivity contribution in [2.24, 2.45) is 0 Å². The van der Waals surface area contributed by atoms with Crippen molar-refractivity contribution in [1.29, 1.82) is 5.26 Å². The molecule has 1 fully saturated rings. The highest BCUT2D eigenvalue weighted by Crippen LogP contribution is 2.25. The van der Waals surface area contributed by atoms with Crippen LogP contribution in [0.1, 0.15) is 56.4 Å². The number of nitrogens with one attached hydrogen (secondary N) is 1. The largest absolute Gasteiger partial charge is 0.391 e. The fourth-order valence-electron chi connectivity index (χ4n) is 2.85. The van der Waals surface area contributed by atoms with E-state index in [0.29, 0.717) is 11.4 Å². The predicted octanol–water partition coefficient (Wildman–Crippen LogP) is 2.19. The highest BCUT2D eigenvalue weighted by atomic mass is 16.3. The minimum atomic E-state index is -0.368. The van der Waals surface area contributed by atoms with Crippen molar-refractivity contribution in [2.75, 3.05) is 5.32 Å². The van der Waals surface area contributed by atoms with Crippen molar-refractivity contribution in [3.63, 3.8) is 0 Å². The molecule has 1 heterocycles. The van der Waals surface area contributed by atoms with Gasteiger partial charge in [-0.15, -0.1) is 5.10 Å². The molecular weight excluding hydrogens is 252 g/mol. The molecule has 0 saturated heterocycles. The van der Waals surface area contributed by atoms with E-state index < -0.39 is 0 Å². The first-order valence-electron chi connectivity index (χ1n) is 7.44. The van der Waals surface area contributed by atoms with E-state index in [1.807, 2.05) is 13.8 Å². The van der Waals surface area contributed by atoms with Gasteiger partial charge in [0.15, 0.2) is 5.82 Å². The van der Waals surface area contributed by atoms with E-state index in [9.17, 15) is 10.4 Å². The van der Waals surface area contributed by atoms with Crippen molar-refractivity contribution in [3.05, 3.63) is 16.8 Å². The third-order valence-electron chi connectivity index (χ3n) is 4.01. The minimum absolute atomic E-state index is 0.0256. The van der Waals surface area contributed by atoms with E-state index in [1.165, 1.54) is 0 Å². The topological polar surface area (TPSA) is 81.8 Å². The van der Waals surface area contributed by atoms with Crippen molar-refractivity contribution in [1.82, 2.24) is 10.2 Å². The molecule has 5 heteroatoms. The van der Waals surface area contributed by atoms with Crippen LogP contribution in [0.4, 0.5) is 5.82 Å². The quantitative estimate of drug-likeness (QED) is 0.879. The van der Waals surface area contributed by atoms with Crippen LogP contribution in [-0.2, 0) is 12.8 Å². The average molecular weight is 274 g/mol. The predicted molar refractivity (Wildman–Crippen MR) is 77.4 cm³/mol. The molecule has 0 spiro atoms. The second kappa shape index (κ2) is 6.67. The normalized spacial score (nSPS) is 22.3. The molecule has 0 radical (unpaired) electrons. The SMILES string of the molecule is CCc1nnc(NC2CCCCC2O)c(C#N)c1CC. The summed E-state index contributed by atoms with van der Waals surface area (Å²) in [6.07, 6.45) is 5.04. The first-order valence-corrected chi connectivity index (χ1v) is 7.44. The van der Waals surface area contributed by atoms with E-state index in [1.54, 1.807) is 0 Å². The number of aromatic nitrogens is 2. The third-order valence-corrected chi connectivity index (χ3v) is 4.01. The molecule has 0 aliphatic heterocycles. The van der Waals surface area contributed by atoms with Gasteiger partial charge in [-0.2, -0.15) is 10.4 Å². The van der Waals surface area contributed by atoms with E-state index in [-0.39, 0.29) is 12.1 Å². The number of hydrogen-bond donors (Lipinski definition) is 2. The summed E-state index contributed by atoms with van der Waals surface area (Å²) in [5.41, 5.74) is 2.44. The van der Waals surface area contributed by atoms with Crippen LogP contribution < -0.4 is 5.32 Å². The summed E-state index contributed by atoms with van der Waals surface area (Å²) in [6, 6.07) is 2.22. The lowest BCUT2D eigenvalue weighted by Crippen LogP contribution is -2.37. The van der Waals surface area contributed by atoms with E-state index >= 15 is 0 Å². The summed E-state index contributed by atoms with van der Waals surface area (Å²) in [6.45, 7) is 4.04. The number of anilines is 1. The standard InChI is InChI=1S/C15H22N4O/c1-3-10-11(9-16)15(19-18-12(10)4-2)17-13-7-5-6-8-14(13)20/h13-14,20H,3-8H2,1-2H3,(H,17,19). The first kappa shape index (κ1) is 14.7. The molecule has 0 amide bonds. The maximum absolute atomic E-state index is 10.0. The maximum atomic E-state index is 10.0. The average Bonchev–Trinajstić information content (AvgIpc) is 2.48. The molecule has 1 aromatic heterocycles. The number of rotatable bonds is 4. The monoisotopic (exact) mass is 274 g/mol. The van der Waals surface area contributed by atoms with Crippen LogP contribution in [0.5, 0.6) is 0 Å². The Hall–Kier alpha value is -1.67. The Morgan fingerprint density at radius 1 is 1.25 bits per heavy atom. The molecule has 1 saturated carbocycles. The van der Waals surface area contributed by atoms with Crippen molar-refractivity contribution in [2.45, 2.75) is 64.5 Å². The maximum Gasteiger partial charge on any atom is 0.167 e. The van der Waals surface area contributed by atoms with Crippen LogP contribution in [0.3, 0.4) is 0 Å². The molecule has 0 aromatic carbocycles. The Morgan fingerprint density at radius 3 is 2.60 bits per heavy atom. The number of nitrogens with zero attached hydrogens (tertiary/aromatic N) is 3. The first-order chi connectivity index (χ1) is 9.71. The fourth-order valence-corrected chi connectivity index (χ4v) is 2.85. The van der Waals surface area contributed by atoms with Gasteiger partial charge in [0.05, 0.1) is 17.8 Å². The molecule has 20 heavy (non-hydrogen) atoms. The van der Waals surface area contributed by atoms with Crippen LogP contribution in [0.25, 0.3) is 0 Å². The van der Waals surface area contributed by atoms with Gasteiger partial charge in [-0.25, -0.2) is 0 Å². The molecule has 1 aliphatic carbocycles. The molecule has 2 atom stereocenters. The van der Waals surface area contributed by atoms with Gasteiger partial charge in [0.2, 0.25) is 0 Å². The summed E-state index contributed by atoms with van der Waals surface area (Å²) in [5, 5.41) is 31.1. The van der Waals surface area contributed by atoms with Crippen LogP contribution in [0.15, 0.2) is 0 Å². The Bertz CT molecular complexity index is 509. The number of hydrogen-bond acceptors (Lipinski definition) is 5. The summed E-state index contributed by atoms with van der Waals surface area (Å²) < 4.78 is 0. The van der Waals surface area contributed by atoms with Gasteiger partial charge in [0.1, 0.15) is 11.6 Å². The van der Waals surface area contributed by atoms with Gasteiger partial charge >= 0.3 is 0 Å². The molecule has 1 aromatic rings. The second-order valence-electron chi connectivity index (χ2n) is 5.27. The van der Waals surface area contributed by atoms with Gasteiger partial charge in [0, 0.05) is 0 Å². The lowest BCUT2D eigenvalue weighted by molar-refractivity contribution is 0.116. The molecular formula is C15H22N4O. The summed E-state index contributed by atoms with van der Waals surface area (Å²) in [7, 11) is 0. The molecule has 2 N–H and O–H groups in total. The van der Waals surface area contributed by atoms with Crippen molar-refractivity contribution < 1.29 is 5.11 Å². The van der Waals surface area contributed by atoms with Gasteiger partial charge in [-0.3, -0.25) is 0 Å². The Kier molecular flexibility index (Phi) is 4.91. The highest BCUT2D eigenvalue weighted by molar-refractivity contribution is 5.57. The van der Waals surface area contributed by atoms with Crippen molar-refractivity contribution in [3.8, 4) is 6.07 Å². The minimum Gasteiger partial charge on any atom is -0.391 e. The zero-order chi connectivity index (χ0) is 14.5. The highest BCUT2D eigenvalue weighted by Gasteiger charge is 2.25. The Balaban J connectivity index is 2.30. The lowest BCUT2D eigenvalue weighted by Gasteiger charge is -2.29. The zero-order valence-electron chi connectivity index (χ0n) is 12.2. The molecule has 1 aliphatic rings. The van der Waals surface area contributed by atoms with Crippen LogP contribution in [-0.4, -0.2) is 27.4 Å². The van der Waals surface area contributed by atoms with Crippen LogP contribution in [0, 0.1) is 11.3 Å². The number of aryl methyl sites for hydroxylation is 1. The fraction of sp³-hybridized carbons (Fsp3) is 0.667. The van der Waals surface area contributed by atoms with Gasteiger partial charge in [0.25, 0.3) is 0 Å². The summed E-state index contributed by atoms with van der Waals surface area (Å²) in [5.74, 6) is 0.521. The molecule has 2 unspecified atom stereocenters. The van der Waals surface area contributed by atoms with Gasteiger partial charge in [-0.1, -0.05) is 26.7 Å². The van der Waals surface area contributed by atoms with Crippen LogP contribution in [0.2, 0.25) is 0 Å². The number of aliphatic hydroxyl groups is 1. The second-order valence-corrected chi connectivity index (χ2v) is 5.27. The van der Waals surface area contributed by atoms with E-state index in [4.69, 9.17) is 0 Å². The van der Waals surface area contributed by atoms with Crippen molar-refractivity contribution >= 4 is 5.82 Å². The zero-order valence-corrected chi connectivity index (χ0v) is 12.2. The number of aliphatic hydroxyl groups excluding tert-OH is 1. The molecule has 0 bridgehead atoms. The Labute approximate surface area is 120 Å². The van der Waals surface area contributed by atoms with E-state index in [2.05, 4.69) is 21.6 Å². The molecule has 5 nitrogen and oxygen atoms in total. The molecule has 2 rings (SSSR count). The van der Waals surface area contributed by atoms with Gasteiger partial charge in [-0.05, 0) is 31.2 Å². The third kappa shape index (κ3) is 2.91.